The number of unbranched alkanes of at least 4 members (excludes halogenated alkanes) is 8. The molecule has 4 heteroatoms. The van der Waals surface area contributed by atoms with Gasteiger partial charge in [0, 0.05) is 0 Å². The molecule has 0 aliphatic heterocycles. The SMILES string of the molecule is CCCCCCCCCCCc1c(Br)c(=O)c2ccccc2n1O. The number of hydrogen-bond donors (Lipinski definition) is 1. The maximum atomic E-state index is 12.4. The fourth-order valence-electron chi connectivity index (χ4n) is 3.16. The van der Waals surface area contributed by atoms with E-state index in [9.17, 15) is 10.0 Å². The van der Waals surface area contributed by atoms with Gasteiger partial charge in [-0.15, -0.1) is 0 Å². The lowest BCUT2D eigenvalue weighted by atomic mass is 10.1. The van der Waals surface area contributed by atoms with E-state index in [0.29, 0.717) is 27.5 Å². The van der Waals surface area contributed by atoms with Gasteiger partial charge in [0.25, 0.3) is 0 Å². The molecule has 1 heterocycles. The summed E-state index contributed by atoms with van der Waals surface area (Å²) in [6.07, 6.45) is 12.0. The van der Waals surface area contributed by atoms with Crippen molar-refractivity contribution < 1.29 is 5.21 Å². The normalized spacial score (nSPS) is 11.2. The van der Waals surface area contributed by atoms with Crippen molar-refractivity contribution in [3.63, 3.8) is 0 Å². The Morgan fingerprint density at radius 2 is 1.54 bits per heavy atom. The predicted octanol–water partition coefficient (Wildman–Crippen LogP) is 6.07. The van der Waals surface area contributed by atoms with Crippen LogP contribution in [0.4, 0.5) is 0 Å². The summed E-state index contributed by atoms with van der Waals surface area (Å²) in [7, 11) is 0. The van der Waals surface area contributed by atoms with Gasteiger partial charge in [0.05, 0.1) is 21.1 Å². The summed E-state index contributed by atoms with van der Waals surface area (Å²) in [4.78, 5) is 12.4. The maximum Gasteiger partial charge on any atom is 0.204 e. The minimum absolute atomic E-state index is 0.0400. The van der Waals surface area contributed by atoms with Crippen molar-refractivity contribution in [2.24, 2.45) is 0 Å². The van der Waals surface area contributed by atoms with Crippen molar-refractivity contribution >= 4 is 26.8 Å². The molecule has 0 saturated carbocycles. The lowest BCUT2D eigenvalue weighted by Crippen LogP contribution is -2.15. The molecule has 2 aromatic rings. The quantitative estimate of drug-likeness (QED) is 0.392. The van der Waals surface area contributed by atoms with Gasteiger partial charge < -0.3 is 5.21 Å². The van der Waals surface area contributed by atoms with Gasteiger partial charge in [0.15, 0.2) is 0 Å². The van der Waals surface area contributed by atoms with Crippen molar-refractivity contribution in [2.75, 3.05) is 0 Å². The largest absolute Gasteiger partial charge is 0.428 e. The molecule has 0 aliphatic rings. The van der Waals surface area contributed by atoms with Crippen LogP contribution in [-0.4, -0.2) is 9.94 Å². The summed E-state index contributed by atoms with van der Waals surface area (Å²) < 4.78 is 1.66. The molecule has 0 fully saturated rings. The van der Waals surface area contributed by atoms with E-state index in [1.165, 1.54) is 49.7 Å². The topological polar surface area (TPSA) is 42.2 Å². The molecule has 1 N–H and O–H groups in total. The molecule has 2 rings (SSSR count). The summed E-state index contributed by atoms with van der Waals surface area (Å²) >= 11 is 3.38. The zero-order chi connectivity index (χ0) is 17.4. The highest BCUT2D eigenvalue weighted by Crippen LogP contribution is 2.21. The van der Waals surface area contributed by atoms with Gasteiger partial charge >= 0.3 is 0 Å². The molecule has 1 aromatic carbocycles. The Morgan fingerprint density at radius 3 is 2.21 bits per heavy atom. The number of fused-ring (bicyclic) bond motifs is 1. The van der Waals surface area contributed by atoms with E-state index >= 15 is 0 Å². The van der Waals surface area contributed by atoms with Crippen LogP contribution in [0.3, 0.4) is 0 Å². The standard InChI is InChI=1S/C20H28BrNO2/c1-2-3-4-5-6-7-8-9-10-15-18-19(21)20(23)16-13-11-12-14-17(16)22(18)24/h11-14,24H,2-10,15H2,1H3. The van der Waals surface area contributed by atoms with Crippen LogP contribution in [0.2, 0.25) is 0 Å². The molecule has 24 heavy (non-hydrogen) atoms. The number of nitrogens with zero attached hydrogens (tertiary/aromatic N) is 1. The van der Waals surface area contributed by atoms with E-state index in [1.807, 2.05) is 12.1 Å². The number of pyridine rings is 1. The number of hydrogen-bond acceptors (Lipinski definition) is 2. The summed E-state index contributed by atoms with van der Waals surface area (Å²) in [5.74, 6) is 0. The third-order valence-corrected chi connectivity index (χ3v) is 5.42. The maximum absolute atomic E-state index is 12.4. The van der Waals surface area contributed by atoms with Gasteiger partial charge in [-0.3, -0.25) is 4.79 Å². The van der Waals surface area contributed by atoms with Crippen molar-refractivity contribution in [1.82, 2.24) is 4.73 Å². The van der Waals surface area contributed by atoms with Crippen molar-refractivity contribution in [3.05, 3.63) is 44.7 Å². The first-order chi connectivity index (χ1) is 11.7. The summed E-state index contributed by atoms with van der Waals surface area (Å²) in [6.45, 7) is 2.24. The van der Waals surface area contributed by atoms with E-state index in [2.05, 4.69) is 22.9 Å². The highest BCUT2D eigenvalue weighted by atomic mass is 79.9. The van der Waals surface area contributed by atoms with Gasteiger partial charge in [-0.25, -0.2) is 0 Å². The Hall–Kier alpha value is -1.29. The van der Waals surface area contributed by atoms with Crippen LogP contribution in [0.5, 0.6) is 0 Å². The zero-order valence-corrected chi connectivity index (χ0v) is 16.1. The van der Waals surface area contributed by atoms with Gasteiger partial charge in [-0.05, 0) is 40.9 Å². The second kappa shape index (κ2) is 9.87. The minimum Gasteiger partial charge on any atom is -0.428 e. The van der Waals surface area contributed by atoms with Gasteiger partial charge in [-0.2, -0.15) is 4.73 Å². The lowest BCUT2D eigenvalue weighted by Gasteiger charge is -2.12. The molecule has 0 amide bonds. The second-order valence-electron chi connectivity index (χ2n) is 6.50. The lowest BCUT2D eigenvalue weighted by molar-refractivity contribution is 0.186. The minimum atomic E-state index is -0.0400. The molecule has 1 aromatic heterocycles. The Balaban J connectivity index is 1.86. The van der Waals surface area contributed by atoms with Crippen molar-refractivity contribution in [3.8, 4) is 0 Å². The third-order valence-electron chi connectivity index (χ3n) is 4.60. The van der Waals surface area contributed by atoms with Crippen LogP contribution in [0.25, 0.3) is 10.9 Å². The average molecular weight is 394 g/mol. The first kappa shape index (κ1) is 19.0. The molecule has 0 aliphatic carbocycles. The van der Waals surface area contributed by atoms with E-state index < -0.39 is 0 Å². The van der Waals surface area contributed by atoms with E-state index in [-0.39, 0.29) is 5.43 Å². The molecule has 0 bridgehead atoms. The van der Waals surface area contributed by atoms with Crippen molar-refractivity contribution in [2.45, 2.75) is 71.1 Å². The molecule has 0 spiro atoms. The van der Waals surface area contributed by atoms with Crippen LogP contribution in [0.15, 0.2) is 33.5 Å². The van der Waals surface area contributed by atoms with E-state index in [0.717, 1.165) is 12.8 Å². The number of halogens is 1. The first-order valence-electron chi connectivity index (χ1n) is 9.18. The van der Waals surface area contributed by atoms with Crippen LogP contribution in [0, 0.1) is 0 Å². The molecule has 132 valence electrons. The Kier molecular flexibility index (Phi) is 7.83. The molecular formula is C20H28BrNO2. The molecule has 0 unspecified atom stereocenters. The highest BCUT2D eigenvalue weighted by molar-refractivity contribution is 9.10. The number of para-hydroxylation sites is 1. The van der Waals surface area contributed by atoms with E-state index in [4.69, 9.17) is 0 Å². The number of rotatable bonds is 10. The zero-order valence-electron chi connectivity index (χ0n) is 14.6. The molecular weight excluding hydrogens is 366 g/mol. The van der Waals surface area contributed by atoms with Crippen LogP contribution >= 0.6 is 15.9 Å². The summed E-state index contributed by atoms with van der Waals surface area (Å²) in [6, 6.07) is 7.18. The summed E-state index contributed by atoms with van der Waals surface area (Å²) in [5.41, 5.74) is 1.22. The summed E-state index contributed by atoms with van der Waals surface area (Å²) in [5, 5.41) is 11.0. The van der Waals surface area contributed by atoms with Crippen LogP contribution < -0.4 is 5.43 Å². The second-order valence-corrected chi connectivity index (χ2v) is 7.29. The van der Waals surface area contributed by atoms with Crippen LogP contribution in [-0.2, 0) is 6.42 Å². The molecule has 3 nitrogen and oxygen atoms in total. The van der Waals surface area contributed by atoms with Gasteiger partial charge in [-0.1, -0.05) is 70.4 Å². The average Bonchev–Trinajstić information content (AvgIpc) is 2.61. The number of benzene rings is 1. The highest BCUT2D eigenvalue weighted by Gasteiger charge is 2.14. The molecule has 0 atom stereocenters. The molecule has 0 saturated heterocycles. The fourth-order valence-corrected chi connectivity index (χ4v) is 3.74. The van der Waals surface area contributed by atoms with Crippen LogP contribution in [0.1, 0.15) is 70.4 Å². The van der Waals surface area contributed by atoms with E-state index in [1.54, 1.807) is 12.1 Å². The molecule has 0 radical (unpaired) electrons. The van der Waals surface area contributed by atoms with Gasteiger partial charge in [0.2, 0.25) is 5.43 Å². The Labute approximate surface area is 152 Å². The smallest absolute Gasteiger partial charge is 0.204 e. The monoisotopic (exact) mass is 393 g/mol. The Bertz CT molecular complexity index is 709. The fraction of sp³-hybridized carbons (Fsp3) is 0.550. The third kappa shape index (κ3) is 4.85. The number of aromatic nitrogens is 1. The van der Waals surface area contributed by atoms with Crippen molar-refractivity contribution in [1.29, 1.82) is 0 Å². The van der Waals surface area contributed by atoms with Gasteiger partial charge in [0.1, 0.15) is 0 Å². The Morgan fingerprint density at radius 1 is 0.958 bits per heavy atom. The predicted molar refractivity (Wildman–Crippen MR) is 104 cm³/mol. The first-order valence-corrected chi connectivity index (χ1v) is 9.97.